The largest absolute Gasteiger partial charge is 0.497 e. The first-order valence-corrected chi connectivity index (χ1v) is 8.49. The molecule has 0 spiro atoms. The van der Waals surface area contributed by atoms with E-state index in [1.807, 2.05) is 29.2 Å². The summed E-state index contributed by atoms with van der Waals surface area (Å²) in [5.74, 6) is 1.02. The Morgan fingerprint density at radius 3 is 2.54 bits per heavy atom. The molecule has 4 nitrogen and oxygen atoms in total. The van der Waals surface area contributed by atoms with Gasteiger partial charge in [0.15, 0.2) is 0 Å². The molecule has 2 aliphatic heterocycles. The molecule has 0 saturated carbocycles. The molecule has 0 radical (unpaired) electrons. The highest BCUT2D eigenvalue weighted by atomic mass is 16.5. The minimum absolute atomic E-state index is 0.0108. The number of carbonyl (C=O) groups excluding carboxylic acids is 1. The van der Waals surface area contributed by atoms with E-state index in [-0.39, 0.29) is 18.1 Å². The van der Waals surface area contributed by atoms with Crippen molar-refractivity contribution in [2.24, 2.45) is 0 Å². The van der Waals surface area contributed by atoms with Gasteiger partial charge in [-0.25, -0.2) is 0 Å². The van der Waals surface area contributed by atoms with Crippen LogP contribution in [0.3, 0.4) is 0 Å². The van der Waals surface area contributed by atoms with E-state index in [1.54, 1.807) is 7.11 Å². The van der Waals surface area contributed by atoms with Gasteiger partial charge < -0.3 is 4.74 Å². The highest BCUT2D eigenvalue weighted by Gasteiger charge is 2.49. The molecule has 2 saturated heterocycles. The summed E-state index contributed by atoms with van der Waals surface area (Å²) in [6.07, 6.45) is 2.03. The van der Waals surface area contributed by atoms with E-state index >= 15 is 0 Å². The number of carbonyl (C=O) groups is 1. The van der Waals surface area contributed by atoms with Crippen LogP contribution in [0.1, 0.15) is 30.1 Å². The molecule has 2 aliphatic rings. The van der Waals surface area contributed by atoms with E-state index in [2.05, 4.69) is 36.1 Å². The van der Waals surface area contributed by atoms with Crippen molar-refractivity contribution >= 4 is 11.6 Å². The smallest absolute Gasteiger partial charge is 0.246 e. The SMILES string of the molecule is COc1ccc(N2C(=O)[C@@H]3CCCN3[C@H]2c2ccccc2C)cc1. The molecule has 2 aromatic carbocycles. The fourth-order valence-electron chi connectivity index (χ4n) is 3.98. The van der Waals surface area contributed by atoms with Gasteiger partial charge >= 0.3 is 0 Å². The molecule has 0 aromatic heterocycles. The molecule has 24 heavy (non-hydrogen) atoms. The number of benzene rings is 2. The number of aryl methyl sites for hydroxylation is 1. The predicted molar refractivity (Wildman–Crippen MR) is 94.1 cm³/mol. The van der Waals surface area contributed by atoms with Crippen LogP contribution < -0.4 is 9.64 Å². The van der Waals surface area contributed by atoms with E-state index < -0.39 is 0 Å². The minimum Gasteiger partial charge on any atom is -0.497 e. The van der Waals surface area contributed by atoms with Crippen LogP contribution in [0, 0.1) is 6.92 Å². The Morgan fingerprint density at radius 1 is 1.08 bits per heavy atom. The zero-order valence-corrected chi connectivity index (χ0v) is 14.1. The van der Waals surface area contributed by atoms with Gasteiger partial charge in [-0.3, -0.25) is 14.6 Å². The first kappa shape index (κ1) is 15.2. The number of fused-ring (bicyclic) bond motifs is 1. The van der Waals surface area contributed by atoms with E-state index in [1.165, 1.54) is 11.1 Å². The maximum absolute atomic E-state index is 13.1. The predicted octanol–water partition coefficient (Wildman–Crippen LogP) is 3.51. The first-order chi connectivity index (χ1) is 11.7. The zero-order chi connectivity index (χ0) is 16.7. The van der Waals surface area contributed by atoms with Crippen LogP contribution in [0.15, 0.2) is 48.5 Å². The van der Waals surface area contributed by atoms with Crippen LogP contribution in [-0.4, -0.2) is 30.5 Å². The molecule has 0 unspecified atom stereocenters. The van der Waals surface area contributed by atoms with E-state index in [0.29, 0.717) is 0 Å². The minimum atomic E-state index is -0.0143. The Bertz CT molecular complexity index is 756. The highest BCUT2D eigenvalue weighted by molar-refractivity contribution is 6.00. The second-order valence-corrected chi connectivity index (χ2v) is 6.53. The number of rotatable bonds is 3. The molecular formula is C20H22N2O2. The van der Waals surface area contributed by atoms with Gasteiger partial charge in [0.05, 0.1) is 13.2 Å². The van der Waals surface area contributed by atoms with Gasteiger partial charge in [-0.05, 0) is 55.2 Å². The van der Waals surface area contributed by atoms with Gasteiger partial charge in [0, 0.05) is 12.2 Å². The third-order valence-corrected chi connectivity index (χ3v) is 5.19. The molecule has 0 N–H and O–H groups in total. The molecule has 0 aliphatic carbocycles. The Hall–Kier alpha value is -2.33. The van der Waals surface area contributed by atoms with Crippen LogP contribution in [0.4, 0.5) is 5.69 Å². The lowest BCUT2D eigenvalue weighted by molar-refractivity contribution is -0.119. The molecule has 2 fully saturated rings. The van der Waals surface area contributed by atoms with Gasteiger partial charge in [0.2, 0.25) is 5.91 Å². The molecule has 2 heterocycles. The Labute approximate surface area is 142 Å². The van der Waals surface area contributed by atoms with Crippen molar-refractivity contribution in [2.45, 2.75) is 32.0 Å². The average molecular weight is 322 g/mol. The monoisotopic (exact) mass is 322 g/mol. The molecule has 0 bridgehead atoms. The molecule has 124 valence electrons. The van der Waals surface area contributed by atoms with Crippen molar-refractivity contribution in [2.75, 3.05) is 18.6 Å². The average Bonchev–Trinajstić information content (AvgIpc) is 3.18. The van der Waals surface area contributed by atoms with Gasteiger partial charge in [-0.15, -0.1) is 0 Å². The lowest BCUT2D eigenvalue weighted by Crippen LogP contribution is -2.32. The third-order valence-electron chi connectivity index (χ3n) is 5.19. The summed E-state index contributed by atoms with van der Waals surface area (Å²) >= 11 is 0. The van der Waals surface area contributed by atoms with Crippen molar-refractivity contribution in [3.8, 4) is 5.75 Å². The van der Waals surface area contributed by atoms with E-state index in [0.717, 1.165) is 30.8 Å². The maximum Gasteiger partial charge on any atom is 0.246 e. The summed E-state index contributed by atoms with van der Waals surface area (Å²) in [4.78, 5) is 17.4. The highest BCUT2D eigenvalue weighted by Crippen LogP contribution is 2.43. The molecule has 4 rings (SSSR count). The Morgan fingerprint density at radius 2 is 1.83 bits per heavy atom. The number of ether oxygens (including phenoxy) is 1. The van der Waals surface area contributed by atoms with Crippen LogP contribution in [0.25, 0.3) is 0 Å². The third kappa shape index (κ3) is 2.29. The number of hydrogen-bond donors (Lipinski definition) is 0. The number of amides is 1. The Balaban J connectivity index is 1.80. The van der Waals surface area contributed by atoms with Crippen molar-refractivity contribution in [1.82, 2.24) is 4.90 Å². The Kier molecular flexibility index (Phi) is 3.77. The lowest BCUT2D eigenvalue weighted by Gasteiger charge is -2.31. The maximum atomic E-state index is 13.1. The topological polar surface area (TPSA) is 32.8 Å². The summed E-state index contributed by atoms with van der Waals surface area (Å²) in [7, 11) is 1.66. The molecular weight excluding hydrogens is 300 g/mol. The van der Waals surface area contributed by atoms with Gasteiger partial charge in [-0.1, -0.05) is 24.3 Å². The quantitative estimate of drug-likeness (QED) is 0.867. The standard InChI is InChI=1S/C20H22N2O2/c1-14-6-3-4-7-17(14)19-21-13-5-8-18(21)20(23)22(19)15-9-11-16(24-2)12-10-15/h3-4,6-7,9-12,18-19H,5,8,13H2,1-2H3/t18-,19+/m0/s1. The molecule has 2 aromatic rings. The first-order valence-electron chi connectivity index (χ1n) is 8.49. The van der Waals surface area contributed by atoms with Crippen LogP contribution in [0.2, 0.25) is 0 Å². The number of methoxy groups -OCH3 is 1. The number of anilines is 1. The second kappa shape index (κ2) is 5.95. The fraction of sp³-hybridized carbons (Fsp3) is 0.350. The van der Waals surface area contributed by atoms with Gasteiger partial charge in [-0.2, -0.15) is 0 Å². The number of nitrogens with zero attached hydrogens (tertiary/aromatic N) is 2. The van der Waals surface area contributed by atoms with Gasteiger partial charge in [0.1, 0.15) is 11.9 Å². The fourth-order valence-corrected chi connectivity index (χ4v) is 3.98. The summed E-state index contributed by atoms with van der Waals surface area (Å²) in [5, 5.41) is 0. The van der Waals surface area contributed by atoms with Crippen molar-refractivity contribution in [3.05, 3.63) is 59.7 Å². The molecule has 2 atom stereocenters. The van der Waals surface area contributed by atoms with Crippen molar-refractivity contribution in [1.29, 1.82) is 0 Å². The van der Waals surface area contributed by atoms with Gasteiger partial charge in [0.25, 0.3) is 0 Å². The normalized spacial score (nSPS) is 23.6. The van der Waals surface area contributed by atoms with E-state index in [9.17, 15) is 4.79 Å². The van der Waals surface area contributed by atoms with E-state index in [4.69, 9.17) is 4.74 Å². The van der Waals surface area contributed by atoms with Crippen LogP contribution in [-0.2, 0) is 4.79 Å². The zero-order valence-electron chi connectivity index (χ0n) is 14.1. The molecule has 1 amide bonds. The summed E-state index contributed by atoms with van der Waals surface area (Å²) in [6, 6.07) is 16.2. The van der Waals surface area contributed by atoms with Crippen molar-refractivity contribution in [3.63, 3.8) is 0 Å². The van der Waals surface area contributed by atoms with Crippen molar-refractivity contribution < 1.29 is 9.53 Å². The summed E-state index contributed by atoms with van der Waals surface area (Å²) in [6.45, 7) is 3.09. The number of hydrogen-bond acceptors (Lipinski definition) is 3. The lowest BCUT2D eigenvalue weighted by atomic mass is 10.0. The summed E-state index contributed by atoms with van der Waals surface area (Å²) < 4.78 is 5.25. The van der Waals surface area contributed by atoms with Crippen LogP contribution in [0.5, 0.6) is 5.75 Å². The summed E-state index contributed by atoms with van der Waals surface area (Å²) in [5.41, 5.74) is 3.37. The van der Waals surface area contributed by atoms with Crippen LogP contribution >= 0.6 is 0 Å². The second-order valence-electron chi connectivity index (χ2n) is 6.53. The molecule has 4 heteroatoms.